The number of allylic oxidation sites excluding steroid dienone is 1. The summed E-state index contributed by atoms with van der Waals surface area (Å²) in [6.07, 6.45) is 1.51. The van der Waals surface area contributed by atoms with Crippen LogP contribution in [0.2, 0.25) is 0 Å². The molecular formula is C25H23BrN2O4. The first-order valence-electron chi connectivity index (χ1n) is 10.5. The van der Waals surface area contributed by atoms with Crippen LogP contribution in [-0.2, 0) is 25.2 Å². The molecule has 3 aliphatic rings. The number of hydrogen-bond donors (Lipinski definition) is 0. The number of hydrogen-bond acceptors (Lipinski definition) is 5. The second-order valence-electron chi connectivity index (χ2n) is 8.60. The van der Waals surface area contributed by atoms with Crippen molar-refractivity contribution in [2.24, 2.45) is 0 Å². The van der Waals surface area contributed by atoms with Gasteiger partial charge in [-0.15, -0.1) is 6.58 Å². The molecule has 3 atom stereocenters. The maximum Gasteiger partial charge on any atom is 0.415 e. The molecule has 7 heteroatoms. The van der Waals surface area contributed by atoms with E-state index >= 15 is 0 Å². The number of methoxy groups -OCH3 is 1. The number of nitrogens with zero attached hydrogens (tertiary/aromatic N) is 2. The normalized spacial score (nSPS) is 27.9. The lowest BCUT2D eigenvalue weighted by Gasteiger charge is -2.59. The molecular weight excluding hydrogens is 472 g/mol. The fourth-order valence-corrected chi connectivity index (χ4v) is 7.15. The summed E-state index contributed by atoms with van der Waals surface area (Å²) in [5, 5.41) is 0. The lowest BCUT2D eigenvalue weighted by Crippen LogP contribution is -2.72. The van der Waals surface area contributed by atoms with Gasteiger partial charge in [-0.2, -0.15) is 0 Å². The zero-order valence-electron chi connectivity index (χ0n) is 17.9. The van der Waals surface area contributed by atoms with Gasteiger partial charge in [0.05, 0.1) is 23.6 Å². The molecule has 0 radical (unpaired) electrons. The number of carbonyl (C=O) groups excluding carboxylic acids is 3. The molecule has 164 valence electrons. The van der Waals surface area contributed by atoms with Crippen molar-refractivity contribution in [3.05, 3.63) is 70.7 Å². The summed E-state index contributed by atoms with van der Waals surface area (Å²) in [6, 6.07) is 13.2. The molecule has 2 aromatic carbocycles. The van der Waals surface area contributed by atoms with Gasteiger partial charge < -0.3 is 9.64 Å². The van der Waals surface area contributed by atoms with E-state index in [-0.39, 0.29) is 18.6 Å². The maximum absolute atomic E-state index is 14.0. The number of amides is 1. The Balaban J connectivity index is 2.00. The van der Waals surface area contributed by atoms with E-state index in [1.807, 2.05) is 54.4 Å². The Morgan fingerprint density at radius 3 is 2.66 bits per heavy atom. The van der Waals surface area contributed by atoms with Gasteiger partial charge in [0.15, 0.2) is 5.78 Å². The van der Waals surface area contributed by atoms with E-state index in [9.17, 15) is 14.4 Å². The van der Waals surface area contributed by atoms with Gasteiger partial charge in [0, 0.05) is 29.2 Å². The quantitative estimate of drug-likeness (QED) is 0.454. The minimum absolute atomic E-state index is 0.125. The van der Waals surface area contributed by atoms with Gasteiger partial charge in [-0.1, -0.05) is 46.3 Å². The first-order chi connectivity index (χ1) is 15.4. The first-order valence-corrected chi connectivity index (χ1v) is 11.3. The molecule has 1 amide bonds. The van der Waals surface area contributed by atoms with Crippen LogP contribution in [0.25, 0.3) is 0 Å². The Bertz CT molecular complexity index is 1190. The minimum Gasteiger partial charge on any atom is -0.452 e. The third-order valence-electron chi connectivity index (χ3n) is 7.46. The van der Waals surface area contributed by atoms with Gasteiger partial charge in [0.25, 0.3) is 0 Å². The number of anilines is 2. The molecule has 0 unspecified atom stereocenters. The average Bonchev–Trinajstić information content (AvgIpc) is 3.06. The summed E-state index contributed by atoms with van der Waals surface area (Å²) < 4.78 is 6.08. The van der Waals surface area contributed by atoms with Crippen molar-refractivity contribution >= 4 is 45.0 Å². The highest BCUT2D eigenvalue weighted by Crippen LogP contribution is 2.67. The second-order valence-corrected chi connectivity index (χ2v) is 9.45. The molecule has 0 saturated heterocycles. The summed E-state index contributed by atoms with van der Waals surface area (Å²) in [5.41, 5.74) is 1.07. The van der Waals surface area contributed by atoms with Gasteiger partial charge in [-0.05, 0) is 36.6 Å². The number of fused-ring (bicyclic) bond motifs is 3. The van der Waals surface area contributed by atoms with Crippen molar-refractivity contribution in [3.8, 4) is 0 Å². The number of benzene rings is 2. The highest BCUT2D eigenvalue weighted by atomic mass is 79.9. The molecule has 2 aromatic rings. The molecule has 6 nitrogen and oxygen atoms in total. The van der Waals surface area contributed by atoms with E-state index < -0.39 is 28.9 Å². The number of ketones is 2. The molecule has 1 aliphatic carbocycles. The van der Waals surface area contributed by atoms with Crippen molar-refractivity contribution in [2.45, 2.75) is 36.3 Å². The molecule has 1 saturated carbocycles. The van der Waals surface area contributed by atoms with Crippen LogP contribution in [0.15, 0.2) is 59.6 Å². The third-order valence-corrected chi connectivity index (χ3v) is 8.12. The Hall–Kier alpha value is -2.93. The Kier molecular flexibility index (Phi) is 4.60. The van der Waals surface area contributed by atoms with Crippen LogP contribution in [0.5, 0.6) is 0 Å². The SMILES string of the molecule is C=CC[C@]12C(=O)C(=O)CC[C@@]13c1c(Br)cccc1N(C)[C@H]3N(C(=O)OC)c1ccccc12. The summed E-state index contributed by atoms with van der Waals surface area (Å²) in [5.74, 6) is -0.789. The summed E-state index contributed by atoms with van der Waals surface area (Å²) >= 11 is 3.73. The Labute approximate surface area is 195 Å². The number of rotatable bonds is 2. The number of ether oxygens (including phenoxy) is 1. The molecule has 0 N–H and O–H groups in total. The molecule has 1 spiro atoms. The molecule has 2 heterocycles. The lowest BCUT2D eigenvalue weighted by atomic mass is 9.46. The predicted molar refractivity (Wildman–Crippen MR) is 125 cm³/mol. The van der Waals surface area contributed by atoms with E-state index in [4.69, 9.17) is 4.74 Å². The molecule has 32 heavy (non-hydrogen) atoms. The fourth-order valence-electron chi connectivity index (χ4n) is 6.44. The van der Waals surface area contributed by atoms with Crippen LogP contribution in [0.4, 0.5) is 16.2 Å². The number of para-hydroxylation sites is 1. The summed E-state index contributed by atoms with van der Waals surface area (Å²) in [6.45, 7) is 3.96. The van der Waals surface area contributed by atoms with Crippen LogP contribution >= 0.6 is 15.9 Å². The standard InChI is InChI=1S/C25H23BrN2O4/c1-4-13-24-15-8-5-6-10-17(15)28(23(31)32-3)22-25(24,14-12-19(29)21(24)30)20-16(26)9-7-11-18(20)27(22)2/h4-11,22H,1,12-14H2,2-3H3/t22-,24-,25-/m0/s1. The number of Topliss-reactive ketones (excluding diaryl/α,β-unsaturated/α-hetero) is 2. The van der Waals surface area contributed by atoms with Gasteiger partial charge in [0.1, 0.15) is 6.17 Å². The smallest absolute Gasteiger partial charge is 0.415 e. The fraction of sp³-hybridized carbons (Fsp3) is 0.320. The monoisotopic (exact) mass is 494 g/mol. The first kappa shape index (κ1) is 20.9. The number of likely N-dealkylation sites (N-methyl/N-ethyl adjacent to an activating group) is 1. The van der Waals surface area contributed by atoms with Crippen LogP contribution < -0.4 is 9.80 Å². The van der Waals surface area contributed by atoms with Crippen LogP contribution in [-0.4, -0.2) is 38.0 Å². The highest BCUT2D eigenvalue weighted by molar-refractivity contribution is 9.10. The van der Waals surface area contributed by atoms with Crippen LogP contribution in [0.1, 0.15) is 30.4 Å². The third kappa shape index (κ3) is 2.22. The largest absolute Gasteiger partial charge is 0.452 e. The van der Waals surface area contributed by atoms with Gasteiger partial charge in [0.2, 0.25) is 5.78 Å². The van der Waals surface area contributed by atoms with Crippen molar-refractivity contribution in [2.75, 3.05) is 24.0 Å². The molecule has 2 aliphatic heterocycles. The van der Waals surface area contributed by atoms with Crippen molar-refractivity contribution in [1.29, 1.82) is 0 Å². The van der Waals surface area contributed by atoms with Crippen molar-refractivity contribution in [3.63, 3.8) is 0 Å². The minimum atomic E-state index is -1.18. The van der Waals surface area contributed by atoms with E-state index in [2.05, 4.69) is 22.5 Å². The van der Waals surface area contributed by atoms with E-state index in [1.54, 1.807) is 11.0 Å². The topological polar surface area (TPSA) is 66.9 Å². The van der Waals surface area contributed by atoms with E-state index in [0.717, 1.165) is 15.7 Å². The summed E-state index contributed by atoms with van der Waals surface area (Å²) in [7, 11) is 3.28. The average molecular weight is 495 g/mol. The van der Waals surface area contributed by atoms with Gasteiger partial charge >= 0.3 is 6.09 Å². The Morgan fingerprint density at radius 2 is 1.94 bits per heavy atom. The second kappa shape index (κ2) is 7.04. The Morgan fingerprint density at radius 1 is 1.22 bits per heavy atom. The lowest BCUT2D eigenvalue weighted by molar-refractivity contribution is -0.146. The van der Waals surface area contributed by atoms with Crippen LogP contribution in [0.3, 0.4) is 0 Å². The maximum atomic E-state index is 14.0. The van der Waals surface area contributed by atoms with Crippen LogP contribution in [0, 0.1) is 0 Å². The molecule has 1 fully saturated rings. The summed E-state index contributed by atoms with van der Waals surface area (Å²) in [4.78, 5) is 43.8. The highest BCUT2D eigenvalue weighted by Gasteiger charge is 2.73. The van der Waals surface area contributed by atoms with E-state index in [1.165, 1.54) is 7.11 Å². The predicted octanol–water partition coefficient (Wildman–Crippen LogP) is 4.50. The number of halogens is 1. The van der Waals surface area contributed by atoms with Gasteiger partial charge in [-0.25, -0.2) is 4.79 Å². The zero-order valence-corrected chi connectivity index (χ0v) is 19.5. The van der Waals surface area contributed by atoms with E-state index in [0.29, 0.717) is 17.7 Å². The molecule has 5 rings (SSSR count). The molecule has 0 bridgehead atoms. The van der Waals surface area contributed by atoms with Gasteiger partial charge in [-0.3, -0.25) is 14.5 Å². The van der Waals surface area contributed by atoms with Crippen molar-refractivity contribution in [1.82, 2.24) is 0 Å². The van der Waals surface area contributed by atoms with Crippen molar-refractivity contribution < 1.29 is 19.1 Å². The zero-order chi connectivity index (χ0) is 22.8. The molecule has 0 aromatic heterocycles. The number of carbonyl (C=O) groups is 3.